The van der Waals surface area contributed by atoms with E-state index in [1.165, 1.54) is 11.3 Å². The van der Waals surface area contributed by atoms with E-state index in [4.69, 9.17) is 4.52 Å². The third-order valence-electron chi connectivity index (χ3n) is 2.46. The molecule has 1 fully saturated rings. The topological polar surface area (TPSA) is 72.0 Å². The quantitative estimate of drug-likeness (QED) is 0.874. The summed E-state index contributed by atoms with van der Waals surface area (Å²) in [6.45, 7) is 0. The zero-order valence-corrected chi connectivity index (χ0v) is 9.87. The summed E-state index contributed by atoms with van der Waals surface area (Å²) in [6.07, 6.45) is 1.33. The molecule has 0 saturated carbocycles. The van der Waals surface area contributed by atoms with E-state index in [9.17, 15) is 5.11 Å². The van der Waals surface area contributed by atoms with Gasteiger partial charge in [-0.1, -0.05) is 5.16 Å². The van der Waals surface area contributed by atoms with Gasteiger partial charge in [0.2, 0.25) is 11.7 Å². The Labute approximate surface area is 99.9 Å². The zero-order chi connectivity index (χ0) is 11.0. The highest BCUT2D eigenvalue weighted by molar-refractivity contribution is 7.99. The van der Waals surface area contributed by atoms with Gasteiger partial charge in [0.1, 0.15) is 0 Å². The van der Waals surface area contributed by atoms with Crippen molar-refractivity contribution in [1.29, 1.82) is 0 Å². The van der Waals surface area contributed by atoms with Crippen LogP contribution in [0.4, 0.5) is 0 Å². The van der Waals surface area contributed by atoms with Crippen molar-refractivity contribution in [2.75, 3.05) is 11.5 Å². The number of hydrogen-bond acceptors (Lipinski definition) is 7. The fourth-order valence-electron chi connectivity index (χ4n) is 1.59. The van der Waals surface area contributed by atoms with E-state index in [0.29, 0.717) is 11.7 Å². The summed E-state index contributed by atoms with van der Waals surface area (Å²) in [5.41, 5.74) is 1.73. The molecule has 2 aromatic rings. The minimum atomic E-state index is -0.375. The smallest absolute Gasteiger partial charge is 0.233 e. The Morgan fingerprint density at radius 3 is 3.06 bits per heavy atom. The van der Waals surface area contributed by atoms with Crippen LogP contribution in [0.1, 0.15) is 11.8 Å². The molecule has 0 spiro atoms. The molecule has 3 heterocycles. The van der Waals surface area contributed by atoms with Crippen LogP contribution in [0, 0.1) is 0 Å². The van der Waals surface area contributed by atoms with E-state index in [0.717, 1.165) is 16.4 Å². The van der Waals surface area contributed by atoms with Gasteiger partial charge in [0, 0.05) is 17.7 Å². The number of nitrogens with zero attached hydrogens (tertiary/aromatic N) is 3. The van der Waals surface area contributed by atoms with E-state index in [1.54, 1.807) is 23.5 Å². The van der Waals surface area contributed by atoms with Crippen molar-refractivity contribution in [3.8, 4) is 10.7 Å². The fourth-order valence-corrected chi connectivity index (χ4v) is 3.36. The number of aliphatic hydroxyl groups excluding tert-OH is 1. The van der Waals surface area contributed by atoms with Crippen LogP contribution < -0.4 is 0 Å². The summed E-state index contributed by atoms with van der Waals surface area (Å²) < 4.78 is 5.19. The highest BCUT2D eigenvalue weighted by atomic mass is 32.2. The average Bonchev–Trinajstić information content (AvgIpc) is 2.96. The maximum Gasteiger partial charge on any atom is 0.233 e. The molecule has 84 valence electrons. The predicted octanol–water partition coefficient (Wildman–Crippen LogP) is 1.38. The number of thioether (sulfide) groups is 1. The summed E-state index contributed by atoms with van der Waals surface area (Å²) >= 11 is 3.17. The second-order valence-corrected chi connectivity index (χ2v) is 5.49. The van der Waals surface area contributed by atoms with E-state index >= 15 is 0 Å². The molecule has 2 unspecified atom stereocenters. The SMILES string of the molecule is OC1CSCC1c1nc(-c2cncs2)no1. The minimum absolute atomic E-state index is 0.0285. The third-order valence-corrected chi connectivity index (χ3v) is 4.40. The molecule has 2 aromatic heterocycles. The van der Waals surface area contributed by atoms with Crippen LogP contribution in [-0.4, -0.2) is 37.8 Å². The molecule has 1 saturated heterocycles. The molecule has 0 aromatic carbocycles. The largest absolute Gasteiger partial charge is 0.391 e. The van der Waals surface area contributed by atoms with Crippen LogP contribution in [-0.2, 0) is 0 Å². The van der Waals surface area contributed by atoms with E-state index in [1.807, 2.05) is 0 Å². The molecule has 0 bridgehead atoms. The monoisotopic (exact) mass is 255 g/mol. The van der Waals surface area contributed by atoms with Crippen LogP contribution in [0.15, 0.2) is 16.2 Å². The molecule has 0 amide bonds. The number of hydrogen-bond donors (Lipinski definition) is 1. The fraction of sp³-hybridized carbons (Fsp3) is 0.444. The van der Waals surface area contributed by atoms with Crippen molar-refractivity contribution >= 4 is 23.1 Å². The second-order valence-electron chi connectivity index (χ2n) is 3.53. The van der Waals surface area contributed by atoms with Crippen LogP contribution >= 0.6 is 23.1 Å². The van der Waals surface area contributed by atoms with E-state index in [-0.39, 0.29) is 12.0 Å². The van der Waals surface area contributed by atoms with Gasteiger partial charge in [-0.3, -0.25) is 4.98 Å². The van der Waals surface area contributed by atoms with Gasteiger partial charge in [-0.15, -0.1) is 11.3 Å². The Balaban J connectivity index is 1.88. The Hall–Kier alpha value is -0.920. The van der Waals surface area contributed by atoms with E-state index in [2.05, 4.69) is 15.1 Å². The summed E-state index contributed by atoms with van der Waals surface area (Å²) in [4.78, 5) is 9.15. The van der Waals surface area contributed by atoms with Crippen molar-refractivity contribution in [3.05, 3.63) is 17.6 Å². The Kier molecular flexibility index (Phi) is 2.66. The molecule has 1 aliphatic heterocycles. The van der Waals surface area contributed by atoms with Crippen LogP contribution in [0.5, 0.6) is 0 Å². The maximum absolute atomic E-state index is 9.72. The lowest BCUT2D eigenvalue weighted by molar-refractivity contribution is 0.164. The lowest BCUT2D eigenvalue weighted by atomic mass is 10.1. The molecular weight excluding hydrogens is 246 g/mol. The van der Waals surface area contributed by atoms with Crippen LogP contribution in [0.25, 0.3) is 10.7 Å². The summed E-state index contributed by atoms with van der Waals surface area (Å²) in [5, 5.41) is 13.6. The summed E-state index contributed by atoms with van der Waals surface area (Å²) in [7, 11) is 0. The number of rotatable bonds is 2. The number of aromatic nitrogens is 3. The lowest BCUT2D eigenvalue weighted by Gasteiger charge is -2.06. The maximum atomic E-state index is 9.72. The number of thiazole rings is 1. The molecule has 16 heavy (non-hydrogen) atoms. The second kappa shape index (κ2) is 4.15. The molecule has 0 aliphatic carbocycles. The van der Waals surface area contributed by atoms with Gasteiger partial charge < -0.3 is 9.63 Å². The highest BCUT2D eigenvalue weighted by Crippen LogP contribution is 2.33. The molecule has 3 rings (SSSR count). The average molecular weight is 255 g/mol. The van der Waals surface area contributed by atoms with Crippen molar-refractivity contribution in [3.63, 3.8) is 0 Å². The molecule has 5 nitrogen and oxygen atoms in total. The summed E-state index contributed by atoms with van der Waals surface area (Å²) in [5.74, 6) is 2.63. The van der Waals surface area contributed by atoms with Gasteiger partial charge >= 0.3 is 0 Å². The van der Waals surface area contributed by atoms with Gasteiger partial charge in [0.25, 0.3) is 0 Å². The number of aliphatic hydroxyl groups is 1. The first-order valence-corrected chi connectivity index (χ1v) is 6.86. The third kappa shape index (κ3) is 1.74. The van der Waals surface area contributed by atoms with Gasteiger partial charge in [-0.2, -0.15) is 16.7 Å². The molecule has 0 radical (unpaired) electrons. The Morgan fingerprint density at radius 1 is 1.44 bits per heavy atom. The van der Waals surface area contributed by atoms with Crippen molar-refractivity contribution in [2.45, 2.75) is 12.0 Å². The van der Waals surface area contributed by atoms with Crippen molar-refractivity contribution < 1.29 is 9.63 Å². The van der Waals surface area contributed by atoms with E-state index < -0.39 is 0 Å². The Morgan fingerprint density at radius 2 is 2.38 bits per heavy atom. The molecule has 7 heteroatoms. The normalized spacial score (nSPS) is 25.1. The predicted molar refractivity (Wildman–Crippen MR) is 61.5 cm³/mol. The van der Waals surface area contributed by atoms with Crippen LogP contribution in [0.3, 0.4) is 0 Å². The van der Waals surface area contributed by atoms with Gasteiger partial charge in [0.15, 0.2) is 0 Å². The highest BCUT2D eigenvalue weighted by Gasteiger charge is 2.32. The zero-order valence-electron chi connectivity index (χ0n) is 8.24. The Bertz CT molecular complexity index is 471. The minimum Gasteiger partial charge on any atom is -0.391 e. The lowest BCUT2D eigenvalue weighted by Crippen LogP contribution is -2.15. The first-order chi connectivity index (χ1) is 7.84. The molecule has 1 N–H and O–H groups in total. The van der Waals surface area contributed by atoms with Gasteiger partial charge in [-0.05, 0) is 0 Å². The molecular formula is C9H9N3O2S2. The first-order valence-electron chi connectivity index (χ1n) is 4.83. The standard InChI is InChI=1S/C9H9N3O2S2/c13-6-3-15-2-5(6)9-11-8(12-14-9)7-1-10-4-16-7/h1,4-6,13H,2-3H2. The van der Waals surface area contributed by atoms with Crippen molar-refractivity contribution in [2.24, 2.45) is 0 Å². The van der Waals surface area contributed by atoms with Crippen molar-refractivity contribution in [1.82, 2.24) is 15.1 Å². The molecule has 1 aliphatic rings. The van der Waals surface area contributed by atoms with Crippen LogP contribution in [0.2, 0.25) is 0 Å². The summed E-state index contributed by atoms with van der Waals surface area (Å²) in [6, 6.07) is 0. The van der Waals surface area contributed by atoms with Gasteiger partial charge in [0.05, 0.1) is 22.4 Å². The van der Waals surface area contributed by atoms with Gasteiger partial charge in [-0.25, -0.2) is 0 Å². The first kappa shape index (κ1) is 10.2. The molecule has 2 atom stereocenters.